The Labute approximate surface area is 233 Å². The number of carbonyl (C=O) groups is 1. The Bertz CT molecular complexity index is 1350. The number of thiophene rings is 1. The van der Waals surface area contributed by atoms with Gasteiger partial charge in [-0.1, -0.05) is 24.6 Å². The molecule has 0 saturated carbocycles. The van der Waals surface area contributed by atoms with Crippen LogP contribution in [0.1, 0.15) is 35.6 Å². The molecule has 204 valence electrons. The number of rotatable bonds is 13. The molecule has 0 aliphatic heterocycles. The second-order valence-corrected chi connectivity index (χ2v) is 12.3. The summed E-state index contributed by atoms with van der Waals surface area (Å²) in [6.07, 6.45) is 2.22. The molecule has 4 rings (SSSR count). The van der Waals surface area contributed by atoms with Crippen LogP contribution in [0.3, 0.4) is 0 Å². The van der Waals surface area contributed by atoms with Gasteiger partial charge in [0.05, 0.1) is 17.9 Å². The molecule has 1 heterocycles. The highest BCUT2D eigenvalue weighted by atomic mass is 35.5. The number of amides is 1. The highest BCUT2D eigenvalue weighted by Gasteiger charge is 2.32. The van der Waals surface area contributed by atoms with Gasteiger partial charge in [-0.25, -0.2) is 13.1 Å². The topological polar surface area (TPSA) is 84.9 Å². The Morgan fingerprint density at radius 1 is 1.13 bits per heavy atom. The van der Waals surface area contributed by atoms with Gasteiger partial charge >= 0.3 is 0 Å². The minimum atomic E-state index is -3.57. The second-order valence-electron chi connectivity index (χ2n) is 9.31. The Balaban J connectivity index is 1.60. The third-order valence-electron chi connectivity index (χ3n) is 6.55. The van der Waals surface area contributed by atoms with Gasteiger partial charge in [0, 0.05) is 36.8 Å². The normalized spacial score (nSPS) is 14.9. The van der Waals surface area contributed by atoms with E-state index in [1.807, 2.05) is 46.8 Å². The monoisotopic (exact) mass is 576 g/mol. The van der Waals surface area contributed by atoms with Crippen LogP contribution in [0.15, 0.2) is 58.1 Å². The number of carbonyl (C=O) groups excluding carboxylic acids is 1. The summed E-state index contributed by atoms with van der Waals surface area (Å²) in [6.45, 7) is 3.46. The van der Waals surface area contributed by atoms with E-state index in [9.17, 15) is 13.2 Å². The number of halogens is 1. The van der Waals surface area contributed by atoms with Gasteiger partial charge in [0.2, 0.25) is 15.9 Å². The maximum atomic E-state index is 13.7. The maximum Gasteiger partial charge on any atom is 0.240 e. The van der Waals surface area contributed by atoms with E-state index in [4.69, 9.17) is 21.1 Å². The SMILES string of the molecule is CCCNS(=O)(=O)c1ccc2c(c1)CC(N(Cc1cc(Cl)ccc1OCCOC)C(=O)Cc1ccsc1)C2. The first-order chi connectivity index (χ1) is 18.3. The summed E-state index contributed by atoms with van der Waals surface area (Å²) >= 11 is 7.90. The molecule has 1 N–H and O–H groups in total. The molecule has 0 radical (unpaired) electrons. The number of benzene rings is 2. The summed E-state index contributed by atoms with van der Waals surface area (Å²) in [7, 11) is -1.96. The lowest BCUT2D eigenvalue weighted by molar-refractivity contribution is -0.133. The van der Waals surface area contributed by atoms with Crippen molar-refractivity contribution in [2.24, 2.45) is 0 Å². The van der Waals surface area contributed by atoms with Gasteiger partial charge in [-0.3, -0.25) is 4.79 Å². The number of nitrogens with one attached hydrogen (secondary N) is 1. The lowest BCUT2D eigenvalue weighted by Gasteiger charge is -2.30. The molecule has 7 nitrogen and oxygen atoms in total. The zero-order chi connectivity index (χ0) is 27.1. The van der Waals surface area contributed by atoms with Crippen LogP contribution < -0.4 is 9.46 Å². The highest BCUT2D eigenvalue weighted by molar-refractivity contribution is 7.89. The van der Waals surface area contributed by atoms with E-state index in [1.165, 1.54) is 0 Å². The third kappa shape index (κ3) is 7.15. The van der Waals surface area contributed by atoms with Gasteiger partial charge in [-0.15, -0.1) is 0 Å². The van der Waals surface area contributed by atoms with Crippen molar-refractivity contribution in [3.8, 4) is 5.75 Å². The Morgan fingerprint density at radius 2 is 1.95 bits per heavy atom. The predicted octanol–water partition coefficient (Wildman–Crippen LogP) is 4.85. The lowest BCUT2D eigenvalue weighted by Crippen LogP contribution is -2.41. The molecule has 1 aromatic heterocycles. The average molecular weight is 577 g/mol. The molecule has 1 atom stereocenters. The number of ether oxygens (including phenoxy) is 2. The number of hydrogen-bond donors (Lipinski definition) is 1. The molecular weight excluding hydrogens is 544 g/mol. The standard InChI is InChI=1S/C28H33ClN2O5S2/c1-3-9-30-38(33,34)26-6-4-21-15-25(16-22(21)17-26)31(28(32)13-20-8-12-37-19-20)18-23-14-24(29)5-7-27(23)36-11-10-35-2/h4-8,12,14,17,19,25,30H,3,9-11,13,15-16,18H2,1-2H3. The first-order valence-electron chi connectivity index (χ1n) is 12.6. The molecule has 0 spiro atoms. The molecule has 0 bridgehead atoms. The minimum absolute atomic E-state index is 0.00137. The first-order valence-corrected chi connectivity index (χ1v) is 15.4. The Hall–Kier alpha value is -2.43. The van der Waals surface area contributed by atoms with Crippen LogP contribution in [-0.4, -0.2) is 52.1 Å². The van der Waals surface area contributed by atoms with Crippen molar-refractivity contribution in [3.63, 3.8) is 0 Å². The van der Waals surface area contributed by atoms with E-state index < -0.39 is 10.0 Å². The fourth-order valence-electron chi connectivity index (χ4n) is 4.60. The predicted molar refractivity (Wildman–Crippen MR) is 151 cm³/mol. The highest BCUT2D eigenvalue weighted by Crippen LogP contribution is 2.32. The van der Waals surface area contributed by atoms with Crippen molar-refractivity contribution in [2.45, 2.75) is 50.1 Å². The van der Waals surface area contributed by atoms with Crippen molar-refractivity contribution in [3.05, 3.63) is 80.5 Å². The minimum Gasteiger partial charge on any atom is -0.491 e. The Kier molecular flexibility index (Phi) is 9.84. The van der Waals surface area contributed by atoms with E-state index in [1.54, 1.807) is 36.6 Å². The van der Waals surface area contributed by atoms with Crippen molar-refractivity contribution in [1.82, 2.24) is 9.62 Å². The summed E-state index contributed by atoms with van der Waals surface area (Å²) in [5.41, 5.74) is 3.79. The van der Waals surface area contributed by atoms with Crippen molar-refractivity contribution in [1.29, 1.82) is 0 Å². The Morgan fingerprint density at radius 3 is 2.68 bits per heavy atom. The van der Waals surface area contributed by atoms with Crippen molar-refractivity contribution < 1.29 is 22.7 Å². The molecule has 10 heteroatoms. The molecule has 38 heavy (non-hydrogen) atoms. The van der Waals surface area contributed by atoms with Crippen LogP contribution in [0.5, 0.6) is 5.75 Å². The number of methoxy groups -OCH3 is 1. The van der Waals surface area contributed by atoms with Crippen molar-refractivity contribution in [2.75, 3.05) is 26.9 Å². The summed E-state index contributed by atoms with van der Waals surface area (Å²) in [6, 6.07) is 12.5. The van der Waals surface area contributed by atoms with Crippen molar-refractivity contribution >= 4 is 38.9 Å². The first kappa shape index (κ1) is 28.6. The van der Waals surface area contributed by atoms with Crippen LogP contribution in [-0.2, 0) is 45.4 Å². The van der Waals surface area contributed by atoms with Gasteiger partial charge in [0.15, 0.2) is 0 Å². The molecule has 1 amide bonds. The van der Waals surface area contributed by atoms with Crippen LogP contribution in [0.4, 0.5) is 0 Å². The van der Waals surface area contributed by atoms with Crippen LogP contribution in [0.2, 0.25) is 5.02 Å². The molecule has 0 saturated heterocycles. The zero-order valence-corrected chi connectivity index (χ0v) is 24.0. The number of fused-ring (bicyclic) bond motifs is 1. The molecule has 1 unspecified atom stereocenters. The van der Waals surface area contributed by atoms with Crippen LogP contribution in [0, 0.1) is 0 Å². The lowest BCUT2D eigenvalue weighted by atomic mass is 10.1. The molecule has 0 fully saturated rings. The third-order valence-corrected chi connectivity index (χ3v) is 8.97. The van der Waals surface area contributed by atoms with E-state index in [0.717, 1.165) is 22.3 Å². The van der Waals surface area contributed by atoms with Gasteiger partial charge in [-0.2, -0.15) is 11.3 Å². The van der Waals surface area contributed by atoms with Gasteiger partial charge < -0.3 is 14.4 Å². The number of sulfonamides is 1. The number of hydrogen-bond acceptors (Lipinski definition) is 6. The smallest absolute Gasteiger partial charge is 0.240 e. The molecule has 1 aliphatic rings. The quantitative estimate of drug-likeness (QED) is 0.294. The van der Waals surface area contributed by atoms with Crippen LogP contribution in [0.25, 0.3) is 0 Å². The zero-order valence-electron chi connectivity index (χ0n) is 21.6. The fraction of sp³-hybridized carbons (Fsp3) is 0.393. The summed E-state index contributed by atoms with van der Waals surface area (Å²) in [4.78, 5) is 15.8. The van der Waals surface area contributed by atoms with Gasteiger partial charge in [-0.05, 0) is 83.1 Å². The van der Waals surface area contributed by atoms with E-state index >= 15 is 0 Å². The van der Waals surface area contributed by atoms with Crippen LogP contribution >= 0.6 is 22.9 Å². The molecular formula is C28H33ClN2O5S2. The summed E-state index contributed by atoms with van der Waals surface area (Å²) in [5.74, 6) is 0.659. The van der Waals surface area contributed by atoms with E-state index in [0.29, 0.717) is 56.3 Å². The molecule has 2 aromatic carbocycles. The summed E-state index contributed by atoms with van der Waals surface area (Å²) in [5, 5.41) is 4.51. The second kappa shape index (κ2) is 13.1. The average Bonchev–Trinajstić information content (AvgIpc) is 3.56. The van der Waals surface area contributed by atoms with Gasteiger partial charge in [0.1, 0.15) is 12.4 Å². The maximum absolute atomic E-state index is 13.7. The van der Waals surface area contributed by atoms with E-state index in [-0.39, 0.29) is 23.3 Å². The molecule has 3 aromatic rings. The van der Waals surface area contributed by atoms with E-state index in [2.05, 4.69) is 4.72 Å². The summed E-state index contributed by atoms with van der Waals surface area (Å²) < 4.78 is 39.1. The molecule has 1 aliphatic carbocycles. The largest absolute Gasteiger partial charge is 0.491 e. The fourth-order valence-corrected chi connectivity index (χ4v) is 6.65. The van der Waals surface area contributed by atoms with Gasteiger partial charge in [0.25, 0.3) is 0 Å². The number of nitrogens with zero attached hydrogens (tertiary/aromatic N) is 1.